The summed E-state index contributed by atoms with van der Waals surface area (Å²) in [5, 5.41) is -4.01. The molecule has 0 aliphatic heterocycles. The van der Waals surface area contributed by atoms with Gasteiger partial charge >= 0.3 is 11.2 Å². The van der Waals surface area contributed by atoms with Crippen molar-refractivity contribution in [2.45, 2.75) is 92.1 Å². The number of unbranched alkanes of at least 4 members (excludes halogenated alkanes) is 7. The van der Waals surface area contributed by atoms with E-state index in [0.717, 1.165) is 37.4 Å². The van der Waals surface area contributed by atoms with Crippen LogP contribution in [0.4, 0.5) is 8.78 Å². The summed E-state index contributed by atoms with van der Waals surface area (Å²) in [5.74, 6) is -2.30. The van der Waals surface area contributed by atoms with E-state index in [1.165, 1.54) is 37.8 Å². The number of aryl methyl sites for hydroxylation is 3. The van der Waals surface area contributed by atoms with Crippen LogP contribution in [0.25, 0.3) is 0 Å². The zero-order chi connectivity index (χ0) is 31.9. The highest BCUT2D eigenvalue weighted by Crippen LogP contribution is 2.31. The molecule has 0 saturated carbocycles. The Balaban J connectivity index is 0.000000301. The summed E-state index contributed by atoms with van der Waals surface area (Å²) in [6.07, 6.45) is 7.52. The zero-order valence-corrected chi connectivity index (χ0v) is 28.2. The smallest absolute Gasteiger partial charge is 0.428 e. The van der Waals surface area contributed by atoms with Gasteiger partial charge in [0.05, 0.1) is 17.5 Å². The Hall–Kier alpha value is -2.27. The van der Waals surface area contributed by atoms with Crippen LogP contribution < -0.4 is 0 Å². The molecule has 0 bridgehead atoms. The maximum absolute atomic E-state index is 12.7. The van der Waals surface area contributed by atoms with E-state index in [-0.39, 0.29) is 17.5 Å². The van der Waals surface area contributed by atoms with Gasteiger partial charge in [0.2, 0.25) is 0 Å². The van der Waals surface area contributed by atoms with E-state index in [1.807, 2.05) is 0 Å². The molecule has 0 N–H and O–H groups in total. The molecule has 0 spiro atoms. The molecule has 0 fully saturated rings. The number of carbonyl (C=O) groups is 1. The Morgan fingerprint density at radius 1 is 0.698 bits per heavy atom. The molecule has 0 radical (unpaired) electrons. The Bertz CT molecular complexity index is 1240. The first kappa shape index (κ1) is 36.9. The van der Waals surface area contributed by atoms with Crippen molar-refractivity contribution in [3.05, 3.63) is 89.5 Å². The summed E-state index contributed by atoms with van der Waals surface area (Å²) in [5.41, 5.74) is 3.92. The molecule has 0 saturated heterocycles. The predicted molar refractivity (Wildman–Crippen MR) is 172 cm³/mol. The second-order valence-electron chi connectivity index (χ2n) is 10.4. The first-order valence-electron chi connectivity index (χ1n) is 14.4. The normalized spacial score (nSPS) is 11.6. The van der Waals surface area contributed by atoms with Crippen LogP contribution >= 0.6 is 15.9 Å². The lowest BCUT2D eigenvalue weighted by Gasteiger charge is -2.17. The summed E-state index contributed by atoms with van der Waals surface area (Å²) < 4.78 is 60.1. The van der Waals surface area contributed by atoms with Crippen molar-refractivity contribution in [1.29, 1.82) is 0 Å². The summed E-state index contributed by atoms with van der Waals surface area (Å²) in [6.45, 7) is 6.10. The van der Waals surface area contributed by atoms with Gasteiger partial charge in [0.1, 0.15) is 0 Å². The van der Waals surface area contributed by atoms with Crippen LogP contribution in [-0.4, -0.2) is 36.1 Å². The second kappa shape index (κ2) is 18.5. The number of esters is 1. The van der Waals surface area contributed by atoms with Gasteiger partial charge in [0, 0.05) is 5.33 Å². The largest absolute Gasteiger partial charge is 0.743 e. The van der Waals surface area contributed by atoms with Gasteiger partial charge in [-0.05, 0) is 70.0 Å². The fraction of sp³-hybridized carbons (Fsp3) is 0.424. The molecule has 236 valence electrons. The van der Waals surface area contributed by atoms with Gasteiger partial charge in [-0.3, -0.25) is 0 Å². The molecule has 0 aliphatic carbocycles. The molecule has 0 heterocycles. The first-order valence-corrected chi connectivity index (χ1v) is 18.1. The minimum absolute atomic E-state index is 0.0394. The topological polar surface area (TPSA) is 83.5 Å². The van der Waals surface area contributed by atoms with E-state index in [1.54, 1.807) is 0 Å². The maximum atomic E-state index is 12.7. The van der Waals surface area contributed by atoms with Crippen molar-refractivity contribution in [2.24, 2.45) is 0 Å². The second-order valence-corrected chi connectivity index (χ2v) is 14.6. The highest BCUT2D eigenvalue weighted by atomic mass is 79.9. The third-order valence-electron chi connectivity index (χ3n) is 6.58. The van der Waals surface area contributed by atoms with E-state index < -0.39 is 21.3 Å². The third kappa shape index (κ3) is 12.7. The van der Waals surface area contributed by atoms with E-state index in [2.05, 4.69) is 114 Å². The number of hydrogen-bond donors (Lipinski definition) is 0. The zero-order valence-electron chi connectivity index (χ0n) is 25.0. The van der Waals surface area contributed by atoms with E-state index >= 15 is 0 Å². The molecule has 10 heteroatoms. The fourth-order valence-electron chi connectivity index (χ4n) is 4.04. The number of halogens is 3. The lowest BCUT2D eigenvalue weighted by molar-refractivity contribution is -0.161. The SMILES string of the molecule is Cc1ccc([S+](c2ccc(C)cc2)c2ccc(C)cc2)cc1.O=C(OCCCCCCCCCCBr)C(F)(F)S(=O)(=O)[O-]. The highest BCUT2D eigenvalue weighted by molar-refractivity contribution is 9.09. The van der Waals surface area contributed by atoms with Crippen LogP contribution in [0.3, 0.4) is 0 Å². The van der Waals surface area contributed by atoms with Gasteiger partial charge in [-0.25, -0.2) is 13.2 Å². The quantitative estimate of drug-likeness (QED) is 0.0521. The number of benzene rings is 3. The molecule has 3 aromatic rings. The van der Waals surface area contributed by atoms with Crippen molar-refractivity contribution >= 4 is 42.9 Å². The monoisotopic (exact) mass is 698 g/mol. The van der Waals surface area contributed by atoms with Crippen molar-refractivity contribution in [3.8, 4) is 0 Å². The number of alkyl halides is 3. The maximum Gasteiger partial charge on any atom is 0.428 e. The predicted octanol–water partition coefficient (Wildman–Crippen LogP) is 8.89. The molecule has 3 rings (SSSR count). The Morgan fingerprint density at radius 2 is 1.02 bits per heavy atom. The van der Waals surface area contributed by atoms with Crippen LogP contribution in [0, 0.1) is 20.8 Å². The number of ether oxygens (including phenoxy) is 1. The van der Waals surface area contributed by atoms with Crippen molar-refractivity contribution in [3.63, 3.8) is 0 Å². The van der Waals surface area contributed by atoms with Gasteiger partial charge < -0.3 is 9.29 Å². The van der Waals surface area contributed by atoms with Crippen LogP contribution in [0.2, 0.25) is 0 Å². The van der Waals surface area contributed by atoms with E-state index in [4.69, 9.17) is 0 Å². The standard InChI is InChI=1S/C21H21S.C12H21BrF2O5S/c1-16-4-10-19(11-5-16)22(20-12-6-17(2)7-13-20)21-14-8-18(3)9-15-21;13-9-7-5-3-1-2-4-6-8-10-20-11(16)12(14,15)21(17,18)19/h4-15H,1-3H3;1-10H2,(H,17,18,19)/q+1;/p-1. The molecule has 0 aliphatic rings. The van der Waals surface area contributed by atoms with Crippen molar-refractivity contribution < 1.29 is 31.3 Å². The Labute approximate surface area is 266 Å². The average molecular weight is 700 g/mol. The molecule has 0 unspecified atom stereocenters. The third-order valence-corrected chi connectivity index (χ3v) is 10.2. The molecule has 0 atom stereocenters. The number of rotatable bonds is 15. The fourth-order valence-corrected chi connectivity index (χ4v) is 6.74. The van der Waals surface area contributed by atoms with Crippen LogP contribution in [-0.2, 0) is 30.5 Å². The lowest BCUT2D eigenvalue weighted by Crippen LogP contribution is -2.39. The van der Waals surface area contributed by atoms with Crippen molar-refractivity contribution in [1.82, 2.24) is 0 Å². The Morgan fingerprint density at radius 3 is 1.35 bits per heavy atom. The molecule has 5 nitrogen and oxygen atoms in total. The van der Waals surface area contributed by atoms with Gasteiger partial charge in [0.25, 0.3) is 0 Å². The van der Waals surface area contributed by atoms with Crippen molar-refractivity contribution in [2.75, 3.05) is 11.9 Å². The van der Waals surface area contributed by atoms with Crippen LogP contribution in [0.1, 0.15) is 68.1 Å². The average Bonchev–Trinajstić information content (AvgIpc) is 2.97. The summed E-state index contributed by atoms with van der Waals surface area (Å²) in [7, 11) is -6.06. The molecular weight excluding hydrogens is 658 g/mol. The molecule has 3 aromatic carbocycles. The van der Waals surface area contributed by atoms with Crippen LogP contribution in [0.15, 0.2) is 87.5 Å². The first-order chi connectivity index (χ1) is 20.4. The van der Waals surface area contributed by atoms with Crippen LogP contribution in [0.5, 0.6) is 0 Å². The minimum atomic E-state index is -6.03. The van der Waals surface area contributed by atoms with Gasteiger partial charge in [-0.2, -0.15) is 8.78 Å². The summed E-state index contributed by atoms with van der Waals surface area (Å²) in [4.78, 5) is 14.9. The molecule has 43 heavy (non-hydrogen) atoms. The van der Waals surface area contributed by atoms with Gasteiger partial charge in [0.15, 0.2) is 24.8 Å². The van der Waals surface area contributed by atoms with Gasteiger partial charge in [-0.15, -0.1) is 0 Å². The molecule has 0 aromatic heterocycles. The summed E-state index contributed by atoms with van der Waals surface area (Å²) in [6, 6.07) is 26.8. The van der Waals surface area contributed by atoms with Gasteiger partial charge in [-0.1, -0.05) is 108 Å². The minimum Gasteiger partial charge on any atom is -0.743 e. The highest BCUT2D eigenvalue weighted by Gasteiger charge is 2.48. The van der Waals surface area contributed by atoms with E-state index in [0.29, 0.717) is 12.8 Å². The Kier molecular flexibility index (Phi) is 15.9. The molecular formula is C33H41BrF2O5S2. The molecule has 0 amide bonds. The number of carbonyl (C=O) groups excluding carboxylic acids is 1. The summed E-state index contributed by atoms with van der Waals surface area (Å²) >= 11 is 3.35. The lowest BCUT2D eigenvalue weighted by atomic mass is 10.1. The number of hydrogen-bond acceptors (Lipinski definition) is 5. The van der Waals surface area contributed by atoms with E-state index in [9.17, 15) is 26.5 Å².